The van der Waals surface area contributed by atoms with E-state index in [0.29, 0.717) is 31.3 Å². The highest BCUT2D eigenvalue weighted by molar-refractivity contribution is 7.92. The topological polar surface area (TPSA) is 79.0 Å². The molecule has 146 valence electrons. The molecule has 0 aliphatic carbocycles. The molecule has 2 rings (SSSR count). The van der Waals surface area contributed by atoms with Gasteiger partial charge >= 0.3 is 0 Å². The average molecular weight is 424 g/mol. The van der Waals surface area contributed by atoms with Gasteiger partial charge in [0.2, 0.25) is 15.9 Å². The van der Waals surface area contributed by atoms with Crippen molar-refractivity contribution in [2.45, 2.75) is 13.0 Å². The summed E-state index contributed by atoms with van der Waals surface area (Å²) >= 11 is 12.1. The van der Waals surface area contributed by atoms with Crippen molar-refractivity contribution in [2.24, 2.45) is 0 Å². The fourth-order valence-corrected chi connectivity index (χ4v) is 4.35. The number of ether oxygens (including phenoxy) is 1. The molecule has 1 aromatic carbocycles. The first-order chi connectivity index (χ1) is 12.2. The van der Waals surface area contributed by atoms with E-state index in [1.165, 1.54) is 19.1 Å². The lowest BCUT2D eigenvalue weighted by molar-refractivity contribution is -0.121. The maximum absolute atomic E-state index is 12.5. The van der Waals surface area contributed by atoms with Crippen molar-refractivity contribution in [3.05, 3.63) is 28.2 Å². The molecule has 1 fully saturated rings. The molecule has 1 atom stereocenters. The van der Waals surface area contributed by atoms with Gasteiger partial charge in [0.15, 0.2) is 0 Å². The van der Waals surface area contributed by atoms with E-state index in [1.54, 1.807) is 6.07 Å². The van der Waals surface area contributed by atoms with E-state index in [4.69, 9.17) is 27.9 Å². The molecule has 0 unspecified atom stereocenters. The third-order valence-corrected chi connectivity index (χ3v) is 5.85. The number of sulfonamides is 1. The summed E-state index contributed by atoms with van der Waals surface area (Å²) in [7, 11) is -3.74. The van der Waals surface area contributed by atoms with E-state index in [2.05, 4.69) is 10.2 Å². The van der Waals surface area contributed by atoms with Crippen LogP contribution in [0.15, 0.2) is 18.2 Å². The minimum Gasteiger partial charge on any atom is -0.379 e. The Bertz CT molecular complexity index is 739. The Kier molecular flexibility index (Phi) is 7.54. The van der Waals surface area contributed by atoms with Gasteiger partial charge in [0.25, 0.3) is 0 Å². The SMILES string of the molecule is C[C@@H](C(=O)NCCN1CCOCC1)N(c1cc(Cl)ccc1Cl)S(C)(=O)=O. The normalized spacial score (nSPS) is 16.9. The van der Waals surface area contributed by atoms with Crippen LogP contribution in [0.25, 0.3) is 0 Å². The molecule has 0 radical (unpaired) electrons. The second-order valence-electron chi connectivity index (χ2n) is 6.08. The molecule has 1 saturated heterocycles. The molecule has 0 bridgehead atoms. The van der Waals surface area contributed by atoms with Crippen LogP contribution >= 0.6 is 23.2 Å². The first-order valence-electron chi connectivity index (χ1n) is 8.22. The molecule has 1 heterocycles. The van der Waals surface area contributed by atoms with Gasteiger partial charge in [-0.25, -0.2) is 8.42 Å². The summed E-state index contributed by atoms with van der Waals surface area (Å²) in [6.45, 7) is 5.61. The Morgan fingerprint density at radius 3 is 2.62 bits per heavy atom. The number of rotatable bonds is 7. The largest absolute Gasteiger partial charge is 0.379 e. The summed E-state index contributed by atoms with van der Waals surface area (Å²) < 4.78 is 30.8. The molecule has 1 amide bonds. The summed E-state index contributed by atoms with van der Waals surface area (Å²) in [6, 6.07) is 3.52. The summed E-state index contributed by atoms with van der Waals surface area (Å²) in [5.74, 6) is -0.403. The highest BCUT2D eigenvalue weighted by Crippen LogP contribution is 2.32. The van der Waals surface area contributed by atoms with Gasteiger partial charge in [-0.2, -0.15) is 0 Å². The number of carbonyl (C=O) groups excluding carboxylic acids is 1. The fourth-order valence-electron chi connectivity index (χ4n) is 2.75. The number of anilines is 1. The summed E-state index contributed by atoms with van der Waals surface area (Å²) in [4.78, 5) is 14.7. The maximum atomic E-state index is 12.5. The van der Waals surface area contributed by atoms with Crippen molar-refractivity contribution in [1.29, 1.82) is 0 Å². The number of carbonyl (C=O) groups is 1. The molecule has 1 aliphatic rings. The van der Waals surface area contributed by atoms with Crippen molar-refractivity contribution in [2.75, 3.05) is 50.0 Å². The number of benzene rings is 1. The molecular weight excluding hydrogens is 401 g/mol. The van der Waals surface area contributed by atoms with Crippen molar-refractivity contribution >= 4 is 44.8 Å². The fraction of sp³-hybridized carbons (Fsp3) is 0.562. The quantitative estimate of drug-likeness (QED) is 0.720. The summed E-state index contributed by atoms with van der Waals surface area (Å²) in [5.41, 5.74) is 0.178. The first-order valence-corrected chi connectivity index (χ1v) is 10.8. The van der Waals surface area contributed by atoms with Gasteiger partial charge in [-0.1, -0.05) is 23.2 Å². The number of nitrogens with zero attached hydrogens (tertiary/aromatic N) is 2. The second-order valence-corrected chi connectivity index (χ2v) is 8.78. The van der Waals surface area contributed by atoms with E-state index in [9.17, 15) is 13.2 Å². The Morgan fingerprint density at radius 1 is 1.35 bits per heavy atom. The third kappa shape index (κ3) is 5.72. The molecule has 26 heavy (non-hydrogen) atoms. The van der Waals surface area contributed by atoms with Gasteiger partial charge in [0.1, 0.15) is 6.04 Å². The second kappa shape index (κ2) is 9.23. The van der Waals surface area contributed by atoms with Crippen molar-refractivity contribution < 1.29 is 17.9 Å². The first kappa shape index (κ1) is 21.2. The average Bonchev–Trinajstić information content (AvgIpc) is 2.57. The van der Waals surface area contributed by atoms with Crippen molar-refractivity contribution in [3.63, 3.8) is 0 Å². The predicted molar refractivity (Wildman–Crippen MR) is 104 cm³/mol. The van der Waals surface area contributed by atoms with Gasteiger partial charge in [-0.15, -0.1) is 0 Å². The maximum Gasteiger partial charge on any atom is 0.243 e. The number of hydrogen-bond donors (Lipinski definition) is 1. The Morgan fingerprint density at radius 2 is 2.00 bits per heavy atom. The van der Waals surface area contributed by atoms with Crippen LogP contribution in [0.5, 0.6) is 0 Å². The zero-order valence-electron chi connectivity index (χ0n) is 14.7. The van der Waals surface area contributed by atoms with Crippen LogP contribution < -0.4 is 9.62 Å². The van der Waals surface area contributed by atoms with Gasteiger partial charge in [-0.3, -0.25) is 14.0 Å². The van der Waals surface area contributed by atoms with Gasteiger partial charge in [0, 0.05) is 31.2 Å². The minimum absolute atomic E-state index is 0.178. The van der Waals surface area contributed by atoms with Crippen molar-refractivity contribution in [3.8, 4) is 0 Å². The molecule has 1 aliphatic heterocycles. The monoisotopic (exact) mass is 423 g/mol. The lowest BCUT2D eigenvalue weighted by Gasteiger charge is -2.30. The Hall–Kier alpha value is -1.06. The van der Waals surface area contributed by atoms with Crippen LogP contribution in [0.4, 0.5) is 5.69 Å². The van der Waals surface area contributed by atoms with Crippen molar-refractivity contribution in [1.82, 2.24) is 10.2 Å². The molecule has 0 spiro atoms. The summed E-state index contributed by atoms with van der Waals surface area (Å²) in [5, 5.41) is 3.32. The number of hydrogen-bond acceptors (Lipinski definition) is 5. The lowest BCUT2D eigenvalue weighted by atomic mass is 10.2. The van der Waals surface area contributed by atoms with Gasteiger partial charge < -0.3 is 10.1 Å². The van der Waals surface area contributed by atoms with Crippen LogP contribution in [-0.4, -0.2) is 70.9 Å². The van der Waals surface area contributed by atoms with E-state index < -0.39 is 22.0 Å². The molecule has 1 N–H and O–H groups in total. The highest BCUT2D eigenvalue weighted by Gasteiger charge is 2.30. The lowest BCUT2D eigenvalue weighted by Crippen LogP contribution is -2.49. The Balaban J connectivity index is 2.07. The molecule has 10 heteroatoms. The van der Waals surface area contributed by atoms with E-state index in [0.717, 1.165) is 23.7 Å². The van der Waals surface area contributed by atoms with Crippen LogP contribution in [0.3, 0.4) is 0 Å². The number of halogens is 2. The van der Waals surface area contributed by atoms with E-state index in [1.807, 2.05) is 0 Å². The molecule has 0 aromatic heterocycles. The number of morpholine rings is 1. The summed E-state index contributed by atoms with van der Waals surface area (Å²) in [6.07, 6.45) is 1.03. The molecule has 7 nitrogen and oxygen atoms in total. The number of amides is 1. The molecule has 0 saturated carbocycles. The smallest absolute Gasteiger partial charge is 0.243 e. The van der Waals surface area contributed by atoms with E-state index >= 15 is 0 Å². The third-order valence-electron chi connectivity index (χ3n) is 4.07. The minimum atomic E-state index is -3.74. The molecular formula is C16H23Cl2N3O4S. The zero-order chi connectivity index (χ0) is 19.3. The van der Waals surface area contributed by atoms with Gasteiger partial charge in [-0.05, 0) is 25.1 Å². The van der Waals surface area contributed by atoms with Gasteiger partial charge in [0.05, 0.1) is 30.2 Å². The Labute approximate surface area is 164 Å². The van der Waals surface area contributed by atoms with Crippen LogP contribution in [0.2, 0.25) is 10.0 Å². The highest BCUT2D eigenvalue weighted by atomic mass is 35.5. The predicted octanol–water partition coefficient (Wildman–Crippen LogP) is 1.60. The van der Waals surface area contributed by atoms with E-state index in [-0.39, 0.29) is 10.7 Å². The van der Waals surface area contributed by atoms with Crippen LogP contribution in [0.1, 0.15) is 6.92 Å². The standard InChI is InChI=1S/C16H23Cl2N3O4S/c1-12(16(22)19-5-6-20-7-9-25-10-8-20)21(26(2,23)24)15-11-13(17)3-4-14(15)18/h3-4,11-12H,5-10H2,1-2H3,(H,19,22)/t12-/m0/s1. The van der Waals surface area contributed by atoms with Crippen LogP contribution in [-0.2, 0) is 19.6 Å². The van der Waals surface area contributed by atoms with Crippen LogP contribution in [0, 0.1) is 0 Å². The molecule has 1 aromatic rings. The number of nitrogens with one attached hydrogen (secondary N) is 1. The zero-order valence-corrected chi connectivity index (χ0v) is 17.1.